The summed E-state index contributed by atoms with van der Waals surface area (Å²) in [6, 6.07) is 10.5. The second kappa shape index (κ2) is 9.95. The lowest BCUT2D eigenvalue weighted by atomic mass is 10.1. The van der Waals surface area contributed by atoms with Crippen molar-refractivity contribution < 1.29 is 27.6 Å². The number of carbonyl (C=O) groups is 1. The molecular weight excluding hydrogens is 464 g/mol. The van der Waals surface area contributed by atoms with Gasteiger partial charge >= 0.3 is 10.3 Å². The molecule has 0 radical (unpaired) electrons. The molecular formula is C21H24N6O6S. The smallest absolute Gasteiger partial charge is 0.333 e. The van der Waals surface area contributed by atoms with Crippen LogP contribution in [0.5, 0.6) is 0 Å². The molecule has 0 bridgehead atoms. The summed E-state index contributed by atoms with van der Waals surface area (Å²) in [5, 5.41) is 32.8. The van der Waals surface area contributed by atoms with Gasteiger partial charge in [0, 0.05) is 18.3 Å². The zero-order chi connectivity index (χ0) is 24.3. The highest BCUT2D eigenvalue weighted by atomic mass is 32.2. The van der Waals surface area contributed by atoms with E-state index in [0.29, 0.717) is 6.54 Å². The van der Waals surface area contributed by atoms with Crippen molar-refractivity contribution >= 4 is 21.9 Å². The molecule has 13 heteroatoms. The molecule has 0 spiro atoms. The second-order valence-corrected chi connectivity index (χ2v) is 9.22. The minimum Gasteiger partial charge on any atom is -0.390 e. The Morgan fingerprint density at radius 2 is 1.97 bits per heavy atom. The number of ketones is 1. The van der Waals surface area contributed by atoms with Crippen molar-refractivity contribution in [3.05, 3.63) is 71.9 Å². The first-order chi connectivity index (χ1) is 16.2. The highest BCUT2D eigenvalue weighted by Crippen LogP contribution is 2.30. The monoisotopic (exact) mass is 488 g/mol. The lowest BCUT2D eigenvalue weighted by molar-refractivity contribution is 0.00778. The van der Waals surface area contributed by atoms with Crippen LogP contribution in [0.2, 0.25) is 0 Å². The van der Waals surface area contributed by atoms with Crippen molar-refractivity contribution in [2.24, 2.45) is 11.1 Å². The van der Waals surface area contributed by atoms with E-state index in [9.17, 15) is 23.4 Å². The molecule has 12 nitrogen and oxygen atoms in total. The Balaban J connectivity index is 1.47. The van der Waals surface area contributed by atoms with Gasteiger partial charge in [0.25, 0.3) is 0 Å². The van der Waals surface area contributed by atoms with E-state index >= 15 is 0 Å². The Hall–Kier alpha value is -3.23. The molecule has 1 aliphatic rings. The number of aliphatic hydroxyl groups is 2. The Morgan fingerprint density at radius 1 is 1.21 bits per heavy atom. The lowest BCUT2D eigenvalue weighted by Crippen LogP contribution is -2.36. The van der Waals surface area contributed by atoms with Crippen LogP contribution < -0.4 is 10.5 Å². The quantitative estimate of drug-likeness (QED) is 0.292. The van der Waals surface area contributed by atoms with Crippen molar-refractivity contribution in [1.82, 2.24) is 19.7 Å². The van der Waals surface area contributed by atoms with Crippen molar-refractivity contribution in [3.63, 3.8) is 0 Å². The third-order valence-electron chi connectivity index (χ3n) is 5.59. The third kappa shape index (κ3) is 5.63. The normalized spacial score (nSPS) is 22.6. The largest absolute Gasteiger partial charge is 0.390 e. The summed E-state index contributed by atoms with van der Waals surface area (Å²) in [7, 11) is -4.18. The zero-order valence-corrected chi connectivity index (χ0v) is 18.7. The van der Waals surface area contributed by atoms with E-state index in [2.05, 4.69) is 24.6 Å². The van der Waals surface area contributed by atoms with E-state index in [4.69, 9.17) is 5.14 Å². The number of nitrogens with one attached hydrogen (secondary N) is 1. The van der Waals surface area contributed by atoms with Crippen molar-refractivity contribution in [3.8, 4) is 0 Å². The maximum atomic E-state index is 13.1. The Bertz CT molecular complexity index is 1250. The summed E-state index contributed by atoms with van der Waals surface area (Å²) in [5.74, 6) is -0.959. The SMILES string of the molecule is NS(=O)(=O)OCC1CC(Nc2ncncc2C(=O)c2ccn(Cc3ccccc3)n2)C(O)C1O. The van der Waals surface area contributed by atoms with Gasteiger partial charge in [-0.05, 0) is 18.1 Å². The predicted molar refractivity (Wildman–Crippen MR) is 120 cm³/mol. The third-order valence-corrected chi connectivity index (χ3v) is 6.05. The molecule has 1 aromatic carbocycles. The van der Waals surface area contributed by atoms with Gasteiger partial charge in [0.05, 0.1) is 30.9 Å². The molecule has 3 aromatic rings. The van der Waals surface area contributed by atoms with Crippen LogP contribution in [0.25, 0.3) is 0 Å². The summed E-state index contributed by atoms with van der Waals surface area (Å²) < 4.78 is 28.3. The van der Waals surface area contributed by atoms with E-state index < -0.39 is 40.3 Å². The summed E-state index contributed by atoms with van der Waals surface area (Å²) in [5.41, 5.74) is 1.36. The molecule has 0 amide bonds. The highest BCUT2D eigenvalue weighted by Gasteiger charge is 2.42. The molecule has 2 heterocycles. The van der Waals surface area contributed by atoms with Gasteiger partial charge in [-0.15, -0.1) is 0 Å². The Kier molecular flexibility index (Phi) is 7.00. The molecule has 4 rings (SSSR count). The molecule has 4 unspecified atom stereocenters. The number of nitrogens with zero attached hydrogens (tertiary/aromatic N) is 4. The molecule has 1 aliphatic carbocycles. The summed E-state index contributed by atoms with van der Waals surface area (Å²) in [6.45, 7) is 0.113. The average Bonchev–Trinajstić information content (AvgIpc) is 3.38. The van der Waals surface area contributed by atoms with Crippen LogP contribution in [0.1, 0.15) is 28.0 Å². The topological polar surface area (TPSA) is 183 Å². The summed E-state index contributed by atoms with van der Waals surface area (Å²) in [4.78, 5) is 21.2. The first-order valence-corrected chi connectivity index (χ1v) is 11.9. The molecule has 5 N–H and O–H groups in total. The number of benzene rings is 1. The number of hydrogen-bond donors (Lipinski definition) is 4. The highest BCUT2D eigenvalue weighted by molar-refractivity contribution is 7.84. The molecule has 2 aromatic heterocycles. The summed E-state index contributed by atoms with van der Waals surface area (Å²) in [6.07, 6.45) is 1.93. The fourth-order valence-corrected chi connectivity index (χ4v) is 4.25. The number of aliphatic hydroxyl groups excluding tert-OH is 2. The van der Waals surface area contributed by atoms with E-state index in [0.717, 1.165) is 5.56 Å². The molecule has 4 atom stereocenters. The fourth-order valence-electron chi connectivity index (χ4n) is 3.88. The van der Waals surface area contributed by atoms with Crippen molar-refractivity contribution in [2.45, 2.75) is 31.2 Å². The molecule has 0 aliphatic heterocycles. The minimum atomic E-state index is -4.18. The zero-order valence-electron chi connectivity index (χ0n) is 17.9. The summed E-state index contributed by atoms with van der Waals surface area (Å²) >= 11 is 0. The van der Waals surface area contributed by atoms with Gasteiger partial charge < -0.3 is 15.5 Å². The maximum absolute atomic E-state index is 13.1. The van der Waals surface area contributed by atoms with Gasteiger partial charge in [-0.1, -0.05) is 30.3 Å². The van der Waals surface area contributed by atoms with Gasteiger partial charge in [-0.25, -0.2) is 15.1 Å². The van der Waals surface area contributed by atoms with Crippen LogP contribution in [-0.4, -0.2) is 69.0 Å². The fraction of sp³-hybridized carbons (Fsp3) is 0.333. The van der Waals surface area contributed by atoms with Gasteiger partial charge in [0.2, 0.25) is 5.78 Å². The van der Waals surface area contributed by atoms with Gasteiger partial charge in [-0.3, -0.25) is 13.7 Å². The van der Waals surface area contributed by atoms with Crippen LogP contribution in [-0.2, 0) is 21.0 Å². The van der Waals surface area contributed by atoms with Crippen molar-refractivity contribution in [1.29, 1.82) is 0 Å². The van der Waals surface area contributed by atoms with E-state index in [-0.39, 0.29) is 30.1 Å². The average molecular weight is 489 g/mol. The van der Waals surface area contributed by atoms with Crippen LogP contribution in [0.4, 0.5) is 5.82 Å². The molecule has 34 heavy (non-hydrogen) atoms. The predicted octanol–water partition coefficient (Wildman–Crippen LogP) is -0.305. The Labute approximate surface area is 195 Å². The van der Waals surface area contributed by atoms with E-state index in [1.165, 1.54) is 12.5 Å². The first kappa shape index (κ1) is 23.9. The van der Waals surface area contributed by atoms with Crippen LogP contribution in [0.15, 0.2) is 55.1 Å². The minimum absolute atomic E-state index is 0.137. The van der Waals surface area contributed by atoms with Crippen molar-refractivity contribution in [2.75, 3.05) is 11.9 Å². The lowest BCUT2D eigenvalue weighted by Gasteiger charge is -2.19. The van der Waals surface area contributed by atoms with Gasteiger partial charge in [0.15, 0.2) is 0 Å². The second-order valence-electron chi connectivity index (χ2n) is 8.00. The number of carbonyl (C=O) groups excluding carboxylic acids is 1. The number of aromatic nitrogens is 4. The molecule has 1 fully saturated rings. The van der Waals surface area contributed by atoms with Gasteiger partial charge in [-0.2, -0.15) is 13.5 Å². The van der Waals surface area contributed by atoms with E-state index in [1.807, 2.05) is 30.3 Å². The van der Waals surface area contributed by atoms with E-state index in [1.54, 1.807) is 16.9 Å². The Morgan fingerprint density at radius 3 is 2.71 bits per heavy atom. The number of rotatable bonds is 9. The van der Waals surface area contributed by atoms with Gasteiger partial charge in [0.1, 0.15) is 23.9 Å². The number of anilines is 1. The molecule has 180 valence electrons. The number of hydrogen-bond acceptors (Lipinski definition) is 10. The van der Waals surface area contributed by atoms with Crippen LogP contribution in [0, 0.1) is 5.92 Å². The molecule has 0 saturated heterocycles. The standard InChI is InChI=1S/C21H24N6O6S/c22-34(31,32)33-11-14-8-17(20(30)18(14)28)25-21-15(9-23-12-24-21)19(29)16-6-7-27(26-16)10-13-4-2-1-3-5-13/h1-7,9,12,14,17-18,20,28,30H,8,10-11H2,(H2,22,31,32)(H,23,24,25). The number of nitrogens with two attached hydrogens (primary N) is 1. The van der Waals surface area contributed by atoms with Crippen LogP contribution >= 0.6 is 0 Å². The molecule has 1 saturated carbocycles. The first-order valence-electron chi connectivity index (χ1n) is 10.4. The maximum Gasteiger partial charge on any atom is 0.333 e. The van der Waals surface area contributed by atoms with Crippen LogP contribution in [0.3, 0.4) is 0 Å².